The lowest BCUT2D eigenvalue weighted by atomic mass is 10.0. The predicted octanol–water partition coefficient (Wildman–Crippen LogP) is 0.957. The van der Waals surface area contributed by atoms with E-state index in [0.29, 0.717) is 18.9 Å². The van der Waals surface area contributed by atoms with Gasteiger partial charge in [0, 0.05) is 18.9 Å². The van der Waals surface area contributed by atoms with Crippen LogP contribution in [0.3, 0.4) is 0 Å². The summed E-state index contributed by atoms with van der Waals surface area (Å²) in [7, 11) is 0. The van der Waals surface area contributed by atoms with Gasteiger partial charge in [0.05, 0.1) is 12.6 Å². The summed E-state index contributed by atoms with van der Waals surface area (Å²) in [5, 5.41) is 6.80. The zero-order valence-electron chi connectivity index (χ0n) is 13.2. The second-order valence-corrected chi connectivity index (χ2v) is 6.25. The molecule has 0 aromatic carbocycles. The Morgan fingerprint density at radius 1 is 1.45 bits per heavy atom. The van der Waals surface area contributed by atoms with Gasteiger partial charge < -0.3 is 16.0 Å². The van der Waals surface area contributed by atoms with Crippen molar-refractivity contribution in [3.8, 4) is 0 Å². The van der Waals surface area contributed by atoms with E-state index in [9.17, 15) is 9.59 Å². The first kappa shape index (κ1) is 16.3. The Labute approximate surface area is 130 Å². The molecule has 0 radical (unpaired) electrons. The van der Waals surface area contributed by atoms with Gasteiger partial charge in [-0.05, 0) is 31.2 Å². The fourth-order valence-corrected chi connectivity index (χ4v) is 3.00. The van der Waals surface area contributed by atoms with Crippen molar-refractivity contribution in [1.29, 1.82) is 0 Å². The van der Waals surface area contributed by atoms with E-state index in [-0.39, 0.29) is 11.9 Å². The van der Waals surface area contributed by atoms with Gasteiger partial charge >= 0.3 is 6.03 Å². The Balaban J connectivity index is 2.05. The summed E-state index contributed by atoms with van der Waals surface area (Å²) in [6, 6.07) is 0.798. The van der Waals surface area contributed by atoms with Crippen molar-refractivity contribution in [2.24, 2.45) is 11.7 Å². The largest absolute Gasteiger partial charge is 0.352 e. The Morgan fingerprint density at radius 2 is 2.23 bits per heavy atom. The molecular formula is C15H25N5O2. The molecule has 0 saturated carbocycles. The van der Waals surface area contributed by atoms with Gasteiger partial charge in [-0.25, -0.2) is 4.79 Å². The SMILES string of the molecule is CC(C)C[C@@H](NC(N)=O)C(=O)N1CCC[C@H]1Cn1cccn1. The molecule has 1 aliphatic heterocycles. The Hall–Kier alpha value is -2.05. The molecule has 7 heteroatoms. The zero-order chi connectivity index (χ0) is 16.1. The monoisotopic (exact) mass is 307 g/mol. The van der Waals surface area contributed by atoms with Gasteiger partial charge in [0.25, 0.3) is 0 Å². The molecule has 1 aromatic rings. The quantitative estimate of drug-likeness (QED) is 0.819. The number of likely N-dealkylation sites (tertiary alicyclic amines) is 1. The molecule has 3 amide bonds. The van der Waals surface area contributed by atoms with Crippen LogP contribution in [0.15, 0.2) is 18.5 Å². The first-order valence-corrected chi connectivity index (χ1v) is 7.81. The van der Waals surface area contributed by atoms with Gasteiger partial charge in [0.1, 0.15) is 6.04 Å². The number of rotatable bonds is 6. The van der Waals surface area contributed by atoms with Crippen LogP contribution in [-0.2, 0) is 11.3 Å². The molecule has 0 spiro atoms. The fraction of sp³-hybridized carbons (Fsp3) is 0.667. The van der Waals surface area contributed by atoms with Gasteiger partial charge in [-0.15, -0.1) is 0 Å². The number of amides is 3. The van der Waals surface area contributed by atoms with Crippen LogP contribution in [0.4, 0.5) is 4.79 Å². The summed E-state index contributed by atoms with van der Waals surface area (Å²) in [6.45, 7) is 5.45. The van der Waals surface area contributed by atoms with E-state index in [1.54, 1.807) is 6.20 Å². The van der Waals surface area contributed by atoms with Crippen molar-refractivity contribution in [3.63, 3.8) is 0 Å². The topological polar surface area (TPSA) is 93.2 Å². The molecule has 0 unspecified atom stereocenters. The minimum Gasteiger partial charge on any atom is -0.352 e. The van der Waals surface area contributed by atoms with Crippen LogP contribution < -0.4 is 11.1 Å². The molecule has 1 aliphatic rings. The standard InChI is InChI=1S/C15H25N5O2/c1-11(2)9-13(18-15(16)22)14(21)20-8-3-5-12(20)10-19-7-4-6-17-19/h4,6-7,11-13H,3,5,8-10H2,1-2H3,(H3,16,18,22)/t12-,13+/m0/s1. The summed E-state index contributed by atoms with van der Waals surface area (Å²) >= 11 is 0. The molecule has 2 heterocycles. The van der Waals surface area contributed by atoms with E-state index in [1.165, 1.54) is 0 Å². The minimum absolute atomic E-state index is 0.0397. The maximum Gasteiger partial charge on any atom is 0.312 e. The lowest BCUT2D eigenvalue weighted by Crippen LogP contribution is -2.52. The first-order chi connectivity index (χ1) is 10.5. The van der Waals surface area contributed by atoms with Crippen molar-refractivity contribution in [1.82, 2.24) is 20.0 Å². The highest BCUT2D eigenvalue weighted by Gasteiger charge is 2.34. The summed E-state index contributed by atoms with van der Waals surface area (Å²) < 4.78 is 1.84. The van der Waals surface area contributed by atoms with E-state index in [1.807, 2.05) is 35.7 Å². The second-order valence-electron chi connectivity index (χ2n) is 6.25. The van der Waals surface area contributed by atoms with Crippen molar-refractivity contribution < 1.29 is 9.59 Å². The highest BCUT2D eigenvalue weighted by atomic mass is 16.2. The third kappa shape index (κ3) is 4.22. The molecule has 2 rings (SSSR count). The molecule has 2 atom stereocenters. The number of aromatic nitrogens is 2. The Bertz CT molecular complexity index is 500. The summed E-state index contributed by atoms with van der Waals surface area (Å²) in [6.07, 6.45) is 6.15. The minimum atomic E-state index is -0.651. The van der Waals surface area contributed by atoms with Crippen LogP contribution in [0.2, 0.25) is 0 Å². The highest BCUT2D eigenvalue weighted by molar-refractivity contribution is 5.87. The summed E-state index contributed by atoms with van der Waals surface area (Å²) in [5.41, 5.74) is 5.21. The van der Waals surface area contributed by atoms with Gasteiger partial charge in [-0.3, -0.25) is 9.48 Å². The van der Waals surface area contributed by atoms with Crippen LogP contribution in [0.5, 0.6) is 0 Å². The van der Waals surface area contributed by atoms with Crippen LogP contribution in [0, 0.1) is 5.92 Å². The lowest BCUT2D eigenvalue weighted by molar-refractivity contribution is -0.134. The van der Waals surface area contributed by atoms with E-state index >= 15 is 0 Å². The number of carbonyl (C=O) groups excluding carboxylic acids is 2. The molecule has 7 nitrogen and oxygen atoms in total. The molecule has 122 valence electrons. The number of urea groups is 1. The number of hydrogen-bond donors (Lipinski definition) is 2. The molecule has 0 aliphatic carbocycles. The first-order valence-electron chi connectivity index (χ1n) is 7.81. The van der Waals surface area contributed by atoms with Gasteiger partial charge in [-0.1, -0.05) is 13.8 Å². The third-order valence-corrected chi connectivity index (χ3v) is 3.94. The number of nitrogens with two attached hydrogens (primary N) is 1. The summed E-state index contributed by atoms with van der Waals surface area (Å²) in [4.78, 5) is 25.8. The van der Waals surface area contributed by atoms with Crippen LogP contribution in [-0.4, -0.2) is 45.2 Å². The molecule has 1 saturated heterocycles. The Morgan fingerprint density at radius 3 is 2.82 bits per heavy atom. The fourth-order valence-electron chi connectivity index (χ4n) is 3.00. The zero-order valence-corrected chi connectivity index (χ0v) is 13.2. The third-order valence-electron chi connectivity index (χ3n) is 3.94. The molecule has 0 bridgehead atoms. The number of carbonyl (C=O) groups is 2. The van der Waals surface area contributed by atoms with E-state index < -0.39 is 12.1 Å². The number of nitrogens with one attached hydrogen (secondary N) is 1. The number of primary amides is 1. The number of nitrogens with zero attached hydrogens (tertiary/aromatic N) is 3. The lowest BCUT2D eigenvalue weighted by Gasteiger charge is -2.29. The average Bonchev–Trinajstić information content (AvgIpc) is 3.08. The van der Waals surface area contributed by atoms with E-state index in [0.717, 1.165) is 19.4 Å². The van der Waals surface area contributed by atoms with Crippen molar-refractivity contribution in [3.05, 3.63) is 18.5 Å². The van der Waals surface area contributed by atoms with Crippen molar-refractivity contribution in [2.45, 2.75) is 51.7 Å². The normalized spacial score (nSPS) is 19.4. The van der Waals surface area contributed by atoms with Crippen molar-refractivity contribution in [2.75, 3.05) is 6.54 Å². The van der Waals surface area contributed by atoms with Crippen LogP contribution in [0.1, 0.15) is 33.1 Å². The van der Waals surface area contributed by atoms with Gasteiger partial charge in [0.2, 0.25) is 5.91 Å². The number of hydrogen-bond acceptors (Lipinski definition) is 3. The maximum absolute atomic E-state index is 12.8. The molecule has 1 fully saturated rings. The highest BCUT2D eigenvalue weighted by Crippen LogP contribution is 2.21. The maximum atomic E-state index is 12.8. The molecular weight excluding hydrogens is 282 g/mol. The molecule has 22 heavy (non-hydrogen) atoms. The smallest absolute Gasteiger partial charge is 0.312 e. The van der Waals surface area contributed by atoms with E-state index in [2.05, 4.69) is 10.4 Å². The summed E-state index contributed by atoms with van der Waals surface area (Å²) in [5.74, 6) is 0.259. The van der Waals surface area contributed by atoms with Crippen LogP contribution in [0.25, 0.3) is 0 Å². The van der Waals surface area contributed by atoms with Gasteiger partial charge in [0.15, 0.2) is 0 Å². The molecule has 3 N–H and O–H groups in total. The Kier molecular flexibility index (Phi) is 5.41. The van der Waals surface area contributed by atoms with Gasteiger partial charge in [-0.2, -0.15) is 5.10 Å². The van der Waals surface area contributed by atoms with Crippen LogP contribution >= 0.6 is 0 Å². The molecule has 1 aromatic heterocycles. The predicted molar refractivity (Wildman–Crippen MR) is 82.9 cm³/mol. The van der Waals surface area contributed by atoms with Crippen molar-refractivity contribution >= 4 is 11.9 Å². The second kappa shape index (κ2) is 7.29. The van der Waals surface area contributed by atoms with E-state index in [4.69, 9.17) is 5.73 Å². The average molecular weight is 307 g/mol.